The normalized spacial score (nSPS) is 11.7. The summed E-state index contributed by atoms with van der Waals surface area (Å²) in [6.45, 7) is 4.61. The quantitative estimate of drug-likeness (QED) is 0.525. The molecule has 0 spiro atoms. The highest BCUT2D eigenvalue weighted by atomic mass is 16.5. The van der Waals surface area contributed by atoms with E-state index >= 15 is 0 Å². The molecule has 0 aliphatic heterocycles. The Morgan fingerprint density at radius 1 is 1.10 bits per heavy atom. The number of ether oxygens (including phenoxy) is 1. The number of aromatic nitrogens is 3. The van der Waals surface area contributed by atoms with E-state index in [4.69, 9.17) is 4.74 Å². The van der Waals surface area contributed by atoms with Crippen LogP contribution >= 0.6 is 0 Å². The first-order chi connectivity index (χ1) is 15.0. The molecule has 0 saturated heterocycles. The zero-order valence-corrected chi connectivity index (χ0v) is 17.9. The van der Waals surface area contributed by atoms with Gasteiger partial charge in [0, 0.05) is 24.9 Å². The molecule has 1 aromatic heterocycles. The summed E-state index contributed by atoms with van der Waals surface area (Å²) in [6, 6.07) is 17.3. The highest BCUT2D eigenvalue weighted by Crippen LogP contribution is 2.21. The summed E-state index contributed by atoms with van der Waals surface area (Å²) in [5, 5.41) is 11.1. The molecule has 1 atom stereocenters. The largest absolute Gasteiger partial charge is 0.491 e. The summed E-state index contributed by atoms with van der Waals surface area (Å²) < 4.78 is 5.82. The number of hydrogen-bond acceptors (Lipinski definition) is 5. The van der Waals surface area contributed by atoms with Crippen LogP contribution in [0.2, 0.25) is 0 Å². The average Bonchev–Trinajstić information content (AvgIpc) is 2.79. The standard InChI is InChI=1S/C24H28N4O3/c1-3-17(2)31-20-11-7-10-19(16-20)23-26-24(30)21(27-28-23)12-13-22(29)25-15-14-18-8-5-4-6-9-18/h4-11,16-17H,3,12-15H2,1-2H3,(H,25,29)(H,26,28,30). The van der Waals surface area contributed by atoms with Crippen LogP contribution in [0, 0.1) is 0 Å². The summed E-state index contributed by atoms with van der Waals surface area (Å²) in [6.07, 6.45) is 2.18. The third-order valence-electron chi connectivity index (χ3n) is 4.95. The third-order valence-corrected chi connectivity index (χ3v) is 4.95. The Kier molecular flexibility index (Phi) is 7.92. The van der Waals surface area contributed by atoms with Crippen LogP contribution in [-0.4, -0.2) is 33.7 Å². The van der Waals surface area contributed by atoms with E-state index in [0.717, 1.165) is 18.4 Å². The predicted octanol–water partition coefficient (Wildman–Crippen LogP) is 3.30. The Bertz CT molecular complexity index is 1050. The maximum absolute atomic E-state index is 12.4. The summed E-state index contributed by atoms with van der Waals surface area (Å²) in [5.74, 6) is 0.970. The van der Waals surface area contributed by atoms with Crippen molar-refractivity contribution in [3.63, 3.8) is 0 Å². The van der Waals surface area contributed by atoms with Gasteiger partial charge in [0.25, 0.3) is 5.56 Å². The molecule has 1 heterocycles. The molecule has 2 aromatic carbocycles. The number of hydrogen-bond donors (Lipinski definition) is 2. The second-order valence-corrected chi connectivity index (χ2v) is 7.40. The number of benzene rings is 2. The average molecular weight is 421 g/mol. The second-order valence-electron chi connectivity index (χ2n) is 7.40. The second kappa shape index (κ2) is 11.1. The Morgan fingerprint density at radius 3 is 2.65 bits per heavy atom. The molecule has 1 amide bonds. The Morgan fingerprint density at radius 2 is 1.90 bits per heavy atom. The lowest BCUT2D eigenvalue weighted by atomic mass is 10.1. The van der Waals surface area contributed by atoms with E-state index in [1.54, 1.807) is 0 Å². The molecular weight excluding hydrogens is 392 g/mol. The Balaban J connectivity index is 1.54. The lowest BCUT2D eigenvalue weighted by Crippen LogP contribution is -2.27. The van der Waals surface area contributed by atoms with E-state index < -0.39 is 0 Å². The van der Waals surface area contributed by atoms with Crippen LogP contribution in [0.3, 0.4) is 0 Å². The van der Waals surface area contributed by atoms with E-state index in [9.17, 15) is 9.59 Å². The van der Waals surface area contributed by atoms with Crippen LogP contribution in [0.25, 0.3) is 11.4 Å². The van der Waals surface area contributed by atoms with Crippen molar-refractivity contribution < 1.29 is 9.53 Å². The molecular formula is C24H28N4O3. The minimum Gasteiger partial charge on any atom is -0.491 e. The fourth-order valence-corrected chi connectivity index (χ4v) is 3.00. The van der Waals surface area contributed by atoms with Crippen molar-refractivity contribution in [1.29, 1.82) is 0 Å². The van der Waals surface area contributed by atoms with E-state index in [2.05, 4.69) is 27.4 Å². The number of rotatable bonds is 10. The van der Waals surface area contributed by atoms with Gasteiger partial charge < -0.3 is 15.0 Å². The topological polar surface area (TPSA) is 97.0 Å². The number of aryl methyl sites for hydroxylation is 1. The molecule has 0 aliphatic carbocycles. The molecule has 0 bridgehead atoms. The van der Waals surface area contributed by atoms with Gasteiger partial charge in [-0.15, -0.1) is 10.2 Å². The molecule has 162 valence electrons. The number of carbonyl (C=O) groups excluding carboxylic acids is 1. The first kappa shape index (κ1) is 22.2. The van der Waals surface area contributed by atoms with Gasteiger partial charge in [0.15, 0.2) is 5.82 Å². The van der Waals surface area contributed by atoms with Crippen molar-refractivity contribution in [1.82, 2.24) is 20.5 Å². The van der Waals surface area contributed by atoms with Crippen LogP contribution in [-0.2, 0) is 17.6 Å². The van der Waals surface area contributed by atoms with Crippen molar-refractivity contribution in [2.24, 2.45) is 0 Å². The minimum absolute atomic E-state index is 0.0987. The Hall–Kier alpha value is -3.48. The molecule has 31 heavy (non-hydrogen) atoms. The summed E-state index contributed by atoms with van der Waals surface area (Å²) in [4.78, 5) is 27.2. The maximum Gasteiger partial charge on any atom is 0.273 e. The zero-order valence-electron chi connectivity index (χ0n) is 17.9. The molecule has 0 radical (unpaired) electrons. The summed E-state index contributed by atoms with van der Waals surface area (Å²) in [7, 11) is 0. The number of H-pyrrole nitrogens is 1. The molecule has 0 aliphatic rings. The number of carbonyl (C=O) groups is 1. The van der Waals surface area contributed by atoms with Gasteiger partial charge in [-0.25, -0.2) is 0 Å². The molecule has 3 rings (SSSR count). The molecule has 3 aromatic rings. The molecule has 1 unspecified atom stereocenters. The van der Waals surface area contributed by atoms with Crippen LogP contribution in [0.4, 0.5) is 0 Å². The van der Waals surface area contributed by atoms with E-state index in [-0.39, 0.29) is 36.1 Å². The van der Waals surface area contributed by atoms with Crippen molar-refractivity contribution in [3.8, 4) is 17.1 Å². The molecule has 7 heteroatoms. The van der Waals surface area contributed by atoms with Crippen molar-refractivity contribution in [2.75, 3.05) is 6.54 Å². The maximum atomic E-state index is 12.4. The van der Waals surface area contributed by atoms with Crippen molar-refractivity contribution >= 4 is 5.91 Å². The lowest BCUT2D eigenvalue weighted by molar-refractivity contribution is -0.121. The fourth-order valence-electron chi connectivity index (χ4n) is 3.00. The van der Waals surface area contributed by atoms with E-state index in [1.807, 2.05) is 61.5 Å². The number of aromatic amines is 1. The van der Waals surface area contributed by atoms with Gasteiger partial charge in [-0.05, 0) is 37.5 Å². The van der Waals surface area contributed by atoms with Gasteiger partial charge in [-0.3, -0.25) is 9.59 Å². The molecule has 0 fully saturated rings. The number of nitrogens with one attached hydrogen (secondary N) is 2. The van der Waals surface area contributed by atoms with Gasteiger partial charge in [0.2, 0.25) is 5.91 Å². The third kappa shape index (κ3) is 6.77. The summed E-state index contributed by atoms with van der Waals surface area (Å²) in [5.41, 5.74) is 1.79. The van der Waals surface area contributed by atoms with Crippen LogP contribution in [0.1, 0.15) is 37.9 Å². The Labute approximate surface area is 181 Å². The SMILES string of the molecule is CCC(C)Oc1cccc(-c2nnc(CCC(=O)NCCc3ccccc3)c(=O)[nH]2)c1. The lowest BCUT2D eigenvalue weighted by Gasteiger charge is -2.13. The zero-order chi connectivity index (χ0) is 22.1. The highest BCUT2D eigenvalue weighted by molar-refractivity contribution is 5.76. The fraction of sp³-hybridized carbons (Fsp3) is 0.333. The number of amides is 1. The van der Waals surface area contributed by atoms with Crippen LogP contribution in [0.5, 0.6) is 5.75 Å². The van der Waals surface area contributed by atoms with Gasteiger partial charge in [0.1, 0.15) is 11.4 Å². The van der Waals surface area contributed by atoms with E-state index in [1.165, 1.54) is 5.56 Å². The van der Waals surface area contributed by atoms with Crippen molar-refractivity contribution in [2.45, 2.75) is 45.6 Å². The van der Waals surface area contributed by atoms with Gasteiger partial charge in [-0.2, -0.15) is 0 Å². The van der Waals surface area contributed by atoms with Gasteiger partial charge in [-0.1, -0.05) is 49.4 Å². The first-order valence-corrected chi connectivity index (χ1v) is 10.6. The van der Waals surface area contributed by atoms with Gasteiger partial charge >= 0.3 is 0 Å². The monoisotopic (exact) mass is 420 g/mol. The summed E-state index contributed by atoms with van der Waals surface area (Å²) >= 11 is 0. The van der Waals surface area contributed by atoms with Crippen LogP contribution < -0.4 is 15.6 Å². The first-order valence-electron chi connectivity index (χ1n) is 10.6. The van der Waals surface area contributed by atoms with Crippen molar-refractivity contribution in [3.05, 3.63) is 76.2 Å². The highest BCUT2D eigenvalue weighted by Gasteiger charge is 2.10. The number of nitrogens with zero attached hydrogens (tertiary/aromatic N) is 2. The molecule has 0 saturated carbocycles. The van der Waals surface area contributed by atoms with Crippen LogP contribution in [0.15, 0.2) is 59.4 Å². The van der Waals surface area contributed by atoms with Gasteiger partial charge in [0.05, 0.1) is 6.10 Å². The predicted molar refractivity (Wildman–Crippen MR) is 120 cm³/mol. The smallest absolute Gasteiger partial charge is 0.273 e. The minimum atomic E-state index is -0.338. The molecule has 2 N–H and O–H groups in total. The van der Waals surface area contributed by atoms with E-state index in [0.29, 0.717) is 18.1 Å². The molecule has 7 nitrogen and oxygen atoms in total.